The van der Waals surface area contributed by atoms with E-state index < -0.39 is 0 Å². The molecule has 0 amide bonds. The van der Waals surface area contributed by atoms with E-state index in [2.05, 4.69) is 51.9 Å². The monoisotopic (exact) mass is 375 g/mol. The maximum atomic E-state index is 11.6. The lowest BCUT2D eigenvalue weighted by molar-refractivity contribution is 0.0601. The van der Waals surface area contributed by atoms with Gasteiger partial charge in [0.25, 0.3) is 0 Å². The normalized spacial score (nSPS) is 10.7. The van der Waals surface area contributed by atoms with Crippen LogP contribution in [-0.4, -0.2) is 23.0 Å². The van der Waals surface area contributed by atoms with Crippen molar-refractivity contribution < 1.29 is 9.53 Å². The van der Waals surface area contributed by atoms with Gasteiger partial charge in [0.15, 0.2) is 0 Å². The van der Waals surface area contributed by atoms with Crippen LogP contribution >= 0.6 is 11.3 Å². The van der Waals surface area contributed by atoms with Gasteiger partial charge in [0, 0.05) is 16.6 Å². The van der Waals surface area contributed by atoms with Crippen LogP contribution < -0.4 is 5.32 Å². The summed E-state index contributed by atoms with van der Waals surface area (Å²) in [5.41, 5.74) is 4.80. The summed E-state index contributed by atoms with van der Waals surface area (Å²) in [6.07, 6.45) is 1.56. The molecule has 0 aliphatic rings. The van der Waals surface area contributed by atoms with Gasteiger partial charge in [-0.3, -0.25) is 0 Å². The van der Waals surface area contributed by atoms with Gasteiger partial charge in [-0.15, -0.1) is 11.3 Å². The van der Waals surface area contributed by atoms with E-state index in [1.54, 1.807) is 29.8 Å². The van der Waals surface area contributed by atoms with E-state index in [0.29, 0.717) is 5.56 Å². The standard InChI is InChI=1S/C21H17N3O2S/c1-13-3-5-14(6-4-13)17-11-27-20-18(17)19(22-12-23-20)24-16-9-7-15(8-10-16)21(25)26-2/h3-12H,1-2H3,(H,22,23,24). The van der Waals surface area contributed by atoms with Gasteiger partial charge >= 0.3 is 5.97 Å². The Hall–Kier alpha value is -3.25. The Morgan fingerprint density at radius 1 is 1.04 bits per heavy atom. The molecule has 0 saturated heterocycles. The van der Waals surface area contributed by atoms with Crippen molar-refractivity contribution in [3.05, 3.63) is 71.4 Å². The van der Waals surface area contributed by atoms with Crippen molar-refractivity contribution >= 4 is 39.0 Å². The topological polar surface area (TPSA) is 64.1 Å². The quantitative estimate of drug-likeness (QED) is 0.497. The van der Waals surface area contributed by atoms with Crippen LogP contribution in [0, 0.1) is 6.92 Å². The third kappa shape index (κ3) is 3.39. The van der Waals surface area contributed by atoms with Crippen molar-refractivity contribution in [1.29, 1.82) is 0 Å². The zero-order chi connectivity index (χ0) is 18.8. The molecule has 1 N–H and O–H groups in total. The number of carbonyl (C=O) groups excluding carboxylic acids is 1. The number of aromatic nitrogens is 2. The lowest BCUT2D eigenvalue weighted by Gasteiger charge is -2.09. The van der Waals surface area contributed by atoms with Crippen molar-refractivity contribution in [2.75, 3.05) is 12.4 Å². The van der Waals surface area contributed by atoms with Crippen LogP contribution in [0.4, 0.5) is 11.5 Å². The molecule has 0 unspecified atom stereocenters. The number of hydrogen-bond donors (Lipinski definition) is 1. The first-order valence-electron chi connectivity index (χ1n) is 8.40. The van der Waals surface area contributed by atoms with E-state index in [1.165, 1.54) is 12.7 Å². The first-order chi connectivity index (χ1) is 13.2. The number of nitrogens with zero attached hydrogens (tertiary/aromatic N) is 2. The van der Waals surface area contributed by atoms with Crippen LogP contribution in [0.2, 0.25) is 0 Å². The predicted octanol–water partition coefficient (Wildman–Crippen LogP) is 5.20. The van der Waals surface area contributed by atoms with Crippen molar-refractivity contribution in [1.82, 2.24) is 9.97 Å². The van der Waals surface area contributed by atoms with E-state index in [0.717, 1.165) is 32.8 Å². The highest BCUT2D eigenvalue weighted by atomic mass is 32.1. The number of nitrogens with one attached hydrogen (secondary N) is 1. The molecule has 2 heterocycles. The zero-order valence-corrected chi connectivity index (χ0v) is 15.7. The van der Waals surface area contributed by atoms with Crippen LogP contribution in [-0.2, 0) is 4.74 Å². The lowest BCUT2D eigenvalue weighted by Crippen LogP contribution is -2.01. The third-order valence-corrected chi connectivity index (χ3v) is 5.19. The van der Waals surface area contributed by atoms with Crippen molar-refractivity contribution in [2.45, 2.75) is 6.92 Å². The molecule has 4 rings (SSSR count). The van der Waals surface area contributed by atoms with Gasteiger partial charge in [-0.25, -0.2) is 14.8 Å². The minimum atomic E-state index is -0.356. The number of aryl methyl sites for hydroxylation is 1. The number of ether oxygens (including phenoxy) is 1. The molecular weight excluding hydrogens is 358 g/mol. The van der Waals surface area contributed by atoms with Crippen molar-refractivity contribution in [3.8, 4) is 11.1 Å². The van der Waals surface area contributed by atoms with Gasteiger partial charge in [0.1, 0.15) is 17.0 Å². The summed E-state index contributed by atoms with van der Waals surface area (Å²) in [4.78, 5) is 21.4. The number of benzene rings is 2. The van der Waals surface area contributed by atoms with Crippen LogP contribution in [0.15, 0.2) is 60.2 Å². The molecule has 0 bridgehead atoms. The van der Waals surface area contributed by atoms with Crippen molar-refractivity contribution in [2.24, 2.45) is 0 Å². The SMILES string of the molecule is COC(=O)c1ccc(Nc2ncnc3scc(-c4ccc(C)cc4)c23)cc1. The minimum Gasteiger partial charge on any atom is -0.465 e. The number of thiophene rings is 1. The number of fused-ring (bicyclic) bond motifs is 1. The number of esters is 1. The molecule has 0 aliphatic heterocycles. The molecule has 2 aromatic heterocycles. The number of carbonyl (C=O) groups is 1. The Morgan fingerprint density at radius 3 is 2.48 bits per heavy atom. The fourth-order valence-corrected chi connectivity index (χ4v) is 3.78. The predicted molar refractivity (Wildman–Crippen MR) is 109 cm³/mol. The number of methoxy groups -OCH3 is 1. The van der Waals surface area contributed by atoms with Gasteiger partial charge in [0.2, 0.25) is 0 Å². The molecule has 6 heteroatoms. The second kappa shape index (κ2) is 7.17. The Balaban J connectivity index is 1.73. The molecule has 4 aromatic rings. The molecule has 2 aromatic carbocycles. The average molecular weight is 375 g/mol. The van der Waals surface area contributed by atoms with Crippen LogP contribution in [0.1, 0.15) is 15.9 Å². The fraction of sp³-hybridized carbons (Fsp3) is 0.0952. The first-order valence-corrected chi connectivity index (χ1v) is 9.28. The maximum Gasteiger partial charge on any atom is 0.337 e. The maximum absolute atomic E-state index is 11.6. The van der Waals surface area contributed by atoms with E-state index in [4.69, 9.17) is 4.74 Å². The molecule has 27 heavy (non-hydrogen) atoms. The number of anilines is 2. The van der Waals surface area contributed by atoms with E-state index in [-0.39, 0.29) is 5.97 Å². The number of hydrogen-bond acceptors (Lipinski definition) is 6. The van der Waals surface area contributed by atoms with Gasteiger partial charge < -0.3 is 10.1 Å². The highest BCUT2D eigenvalue weighted by Gasteiger charge is 2.13. The van der Waals surface area contributed by atoms with Crippen molar-refractivity contribution in [3.63, 3.8) is 0 Å². The first kappa shape index (κ1) is 17.2. The molecule has 0 fully saturated rings. The van der Waals surface area contributed by atoms with Gasteiger partial charge in [-0.05, 0) is 36.8 Å². The van der Waals surface area contributed by atoms with Crippen LogP contribution in [0.25, 0.3) is 21.3 Å². The molecule has 0 spiro atoms. The zero-order valence-electron chi connectivity index (χ0n) is 14.9. The summed E-state index contributed by atoms with van der Waals surface area (Å²) in [5, 5.41) is 6.44. The summed E-state index contributed by atoms with van der Waals surface area (Å²) in [6, 6.07) is 15.5. The smallest absolute Gasteiger partial charge is 0.337 e. The summed E-state index contributed by atoms with van der Waals surface area (Å²) in [6.45, 7) is 2.07. The highest BCUT2D eigenvalue weighted by Crippen LogP contribution is 2.37. The Labute approximate surface area is 160 Å². The Morgan fingerprint density at radius 2 is 1.78 bits per heavy atom. The van der Waals surface area contributed by atoms with Gasteiger partial charge in [-0.1, -0.05) is 29.8 Å². The Kier molecular flexibility index (Phi) is 4.56. The van der Waals surface area contributed by atoms with Gasteiger partial charge in [0.05, 0.1) is 18.1 Å². The highest BCUT2D eigenvalue weighted by molar-refractivity contribution is 7.17. The second-order valence-electron chi connectivity index (χ2n) is 6.11. The Bertz CT molecular complexity index is 1100. The molecule has 0 saturated carbocycles. The van der Waals surface area contributed by atoms with Crippen LogP contribution in [0.3, 0.4) is 0 Å². The average Bonchev–Trinajstić information content (AvgIpc) is 3.14. The molecule has 0 aliphatic carbocycles. The minimum absolute atomic E-state index is 0.356. The van der Waals surface area contributed by atoms with E-state index >= 15 is 0 Å². The van der Waals surface area contributed by atoms with E-state index in [9.17, 15) is 4.79 Å². The second-order valence-corrected chi connectivity index (χ2v) is 6.97. The van der Waals surface area contributed by atoms with E-state index in [1.807, 2.05) is 12.1 Å². The van der Waals surface area contributed by atoms with Gasteiger partial charge in [-0.2, -0.15) is 0 Å². The molecule has 134 valence electrons. The molecular formula is C21H17N3O2S. The third-order valence-electron chi connectivity index (χ3n) is 4.30. The summed E-state index contributed by atoms with van der Waals surface area (Å²) < 4.78 is 4.74. The van der Waals surface area contributed by atoms with Crippen LogP contribution in [0.5, 0.6) is 0 Å². The molecule has 0 atom stereocenters. The lowest BCUT2D eigenvalue weighted by atomic mass is 10.0. The fourth-order valence-electron chi connectivity index (χ4n) is 2.86. The summed E-state index contributed by atoms with van der Waals surface area (Å²) in [7, 11) is 1.37. The molecule has 0 radical (unpaired) electrons. The summed E-state index contributed by atoms with van der Waals surface area (Å²) >= 11 is 1.59. The largest absolute Gasteiger partial charge is 0.465 e. The summed E-state index contributed by atoms with van der Waals surface area (Å²) in [5.74, 6) is 0.383. The number of rotatable bonds is 4. The molecule has 5 nitrogen and oxygen atoms in total.